The van der Waals surface area contributed by atoms with Gasteiger partial charge in [-0.3, -0.25) is 5.01 Å². The molecule has 4 rings (SSSR count). The lowest BCUT2D eigenvalue weighted by atomic mass is 9.97. The molecule has 3 aromatic carbocycles. The zero-order chi connectivity index (χ0) is 27.6. The lowest BCUT2D eigenvalue weighted by Crippen LogP contribution is -2.24. The van der Waals surface area contributed by atoms with Crippen molar-refractivity contribution in [1.82, 2.24) is 0 Å². The van der Waals surface area contributed by atoms with E-state index in [1.807, 2.05) is 26.0 Å². The number of halogens is 5. The number of ether oxygens (including phenoxy) is 1. The molecule has 1 atom stereocenters. The van der Waals surface area contributed by atoms with Gasteiger partial charge in [0.15, 0.2) is 23.3 Å². The summed E-state index contributed by atoms with van der Waals surface area (Å²) in [5.41, 5.74) is 1.55. The van der Waals surface area contributed by atoms with Gasteiger partial charge in [0.25, 0.3) is 0 Å². The number of carbonyl (C=O) groups is 1. The van der Waals surface area contributed by atoms with Crippen LogP contribution in [-0.4, -0.2) is 31.4 Å². The van der Waals surface area contributed by atoms with Crippen molar-refractivity contribution < 1.29 is 31.5 Å². The fraction of sp³-hybridized carbons (Fsp3) is 0.286. The number of hydrogen-bond donors (Lipinski definition) is 0. The quantitative estimate of drug-likeness (QED) is 0.139. The molecule has 1 heterocycles. The summed E-state index contributed by atoms with van der Waals surface area (Å²) in [5.74, 6) is -10.8. The SMILES string of the molecule is CCOC(=O)c1ccc(C2=NN(c3c(F)c(F)c(F)c(F)c3F)[C@H](c3ccc(N(CC)CC)cc3)C2)cc1. The average Bonchev–Trinajstić information content (AvgIpc) is 3.37. The maximum absolute atomic E-state index is 14.9. The number of anilines is 2. The largest absolute Gasteiger partial charge is 0.462 e. The molecule has 38 heavy (non-hydrogen) atoms. The molecule has 0 saturated carbocycles. The van der Waals surface area contributed by atoms with Crippen molar-refractivity contribution >= 4 is 23.1 Å². The van der Waals surface area contributed by atoms with E-state index >= 15 is 0 Å². The lowest BCUT2D eigenvalue weighted by molar-refractivity contribution is 0.0526. The third-order valence-electron chi connectivity index (χ3n) is 6.46. The number of esters is 1. The highest BCUT2D eigenvalue weighted by Crippen LogP contribution is 2.41. The van der Waals surface area contributed by atoms with Gasteiger partial charge in [-0.25, -0.2) is 26.7 Å². The van der Waals surface area contributed by atoms with Gasteiger partial charge in [0, 0.05) is 25.2 Å². The van der Waals surface area contributed by atoms with Crippen LogP contribution < -0.4 is 9.91 Å². The minimum Gasteiger partial charge on any atom is -0.462 e. The van der Waals surface area contributed by atoms with E-state index in [0.29, 0.717) is 22.4 Å². The molecule has 0 radical (unpaired) electrons. The molecule has 0 amide bonds. The number of carbonyl (C=O) groups excluding carboxylic acids is 1. The van der Waals surface area contributed by atoms with Gasteiger partial charge >= 0.3 is 5.97 Å². The Bertz CT molecular complexity index is 1330. The maximum Gasteiger partial charge on any atom is 0.338 e. The molecule has 0 unspecified atom stereocenters. The minimum absolute atomic E-state index is 0.114. The van der Waals surface area contributed by atoms with Crippen LogP contribution in [0.25, 0.3) is 0 Å². The van der Waals surface area contributed by atoms with Crippen molar-refractivity contribution in [2.45, 2.75) is 33.2 Å². The molecule has 5 nitrogen and oxygen atoms in total. The van der Waals surface area contributed by atoms with Crippen molar-refractivity contribution in [2.75, 3.05) is 29.6 Å². The molecule has 3 aromatic rings. The second-order valence-electron chi connectivity index (χ2n) is 8.59. The van der Waals surface area contributed by atoms with Gasteiger partial charge in [-0.1, -0.05) is 24.3 Å². The lowest BCUT2D eigenvalue weighted by Gasteiger charge is -2.26. The second-order valence-corrected chi connectivity index (χ2v) is 8.59. The Hall–Kier alpha value is -3.95. The predicted octanol–water partition coefficient (Wildman–Crippen LogP) is 6.76. The topological polar surface area (TPSA) is 45.1 Å². The first-order valence-corrected chi connectivity index (χ1v) is 12.2. The molecule has 0 saturated heterocycles. The third kappa shape index (κ3) is 4.94. The summed E-state index contributed by atoms with van der Waals surface area (Å²) in [6, 6.07) is 12.5. The molecule has 0 spiro atoms. The normalized spacial score (nSPS) is 15.0. The van der Waals surface area contributed by atoms with E-state index in [0.717, 1.165) is 23.8 Å². The number of hydrazone groups is 1. The molecule has 1 aliphatic rings. The van der Waals surface area contributed by atoms with Crippen LogP contribution >= 0.6 is 0 Å². The number of benzene rings is 3. The van der Waals surface area contributed by atoms with Crippen LogP contribution in [0.5, 0.6) is 0 Å². The van der Waals surface area contributed by atoms with Gasteiger partial charge in [-0.2, -0.15) is 5.10 Å². The van der Waals surface area contributed by atoms with Crippen molar-refractivity contribution in [3.63, 3.8) is 0 Å². The summed E-state index contributed by atoms with van der Waals surface area (Å²) in [6.07, 6.45) is 0.114. The molecule has 0 fully saturated rings. The smallest absolute Gasteiger partial charge is 0.338 e. The molecule has 0 N–H and O–H groups in total. The Morgan fingerprint density at radius 2 is 1.42 bits per heavy atom. The standard InChI is InChI=1S/C28H26F5N3O2/c1-4-35(5-2)19-13-11-17(12-14-19)21-15-20(16-7-9-18(10-8-16)28(37)38-6-3)34-36(21)27-25(32)23(30)22(29)24(31)26(27)33/h7-14,21H,4-6,15H2,1-3H3/t21-/m0/s1. The van der Waals surface area contributed by atoms with E-state index in [9.17, 15) is 26.7 Å². The zero-order valence-corrected chi connectivity index (χ0v) is 21.1. The van der Waals surface area contributed by atoms with Crippen LogP contribution in [0.15, 0.2) is 53.6 Å². The number of hydrogen-bond acceptors (Lipinski definition) is 5. The molecule has 10 heteroatoms. The van der Waals surface area contributed by atoms with E-state index in [2.05, 4.69) is 10.0 Å². The Kier molecular flexibility index (Phi) is 7.99. The Labute approximate surface area is 217 Å². The first kappa shape index (κ1) is 27.1. The minimum atomic E-state index is -2.23. The summed E-state index contributed by atoms with van der Waals surface area (Å²) in [6.45, 7) is 7.44. The van der Waals surface area contributed by atoms with Crippen molar-refractivity contribution in [3.05, 3.63) is 94.3 Å². The molecule has 1 aliphatic heterocycles. The molecular weight excluding hydrogens is 505 g/mol. The number of nitrogens with zero attached hydrogens (tertiary/aromatic N) is 3. The fourth-order valence-electron chi connectivity index (χ4n) is 4.45. The van der Waals surface area contributed by atoms with Gasteiger partial charge in [0.1, 0.15) is 5.69 Å². The highest BCUT2D eigenvalue weighted by Gasteiger charge is 2.37. The third-order valence-corrected chi connectivity index (χ3v) is 6.46. The van der Waals surface area contributed by atoms with Crippen LogP contribution in [0, 0.1) is 29.1 Å². The fourth-order valence-corrected chi connectivity index (χ4v) is 4.45. The van der Waals surface area contributed by atoms with E-state index in [-0.39, 0.29) is 13.0 Å². The Morgan fingerprint density at radius 1 is 0.868 bits per heavy atom. The van der Waals surface area contributed by atoms with Crippen molar-refractivity contribution in [1.29, 1.82) is 0 Å². The first-order chi connectivity index (χ1) is 18.2. The van der Waals surface area contributed by atoms with Crippen LogP contribution in [-0.2, 0) is 4.74 Å². The van der Waals surface area contributed by atoms with Crippen LogP contribution in [0.4, 0.5) is 33.3 Å². The summed E-state index contributed by atoms with van der Waals surface area (Å²) in [4.78, 5) is 14.1. The van der Waals surface area contributed by atoms with Gasteiger partial charge in [0.2, 0.25) is 5.82 Å². The van der Waals surface area contributed by atoms with Crippen LogP contribution in [0.3, 0.4) is 0 Å². The van der Waals surface area contributed by atoms with Gasteiger partial charge in [-0.05, 0) is 56.2 Å². The summed E-state index contributed by atoms with van der Waals surface area (Å²) >= 11 is 0. The van der Waals surface area contributed by atoms with Crippen molar-refractivity contribution in [3.8, 4) is 0 Å². The predicted molar refractivity (Wildman–Crippen MR) is 135 cm³/mol. The van der Waals surface area contributed by atoms with Gasteiger partial charge in [-0.15, -0.1) is 0 Å². The summed E-state index contributed by atoms with van der Waals surface area (Å²) in [7, 11) is 0. The van der Waals surface area contributed by atoms with E-state index < -0.39 is 46.8 Å². The maximum atomic E-state index is 14.9. The molecule has 0 bridgehead atoms. The number of rotatable bonds is 8. The molecule has 0 aromatic heterocycles. The second kappa shape index (κ2) is 11.2. The molecular formula is C28H26F5N3O2. The van der Waals surface area contributed by atoms with Gasteiger partial charge < -0.3 is 9.64 Å². The van der Waals surface area contributed by atoms with E-state index in [1.165, 1.54) is 12.1 Å². The van der Waals surface area contributed by atoms with E-state index in [1.54, 1.807) is 31.2 Å². The highest BCUT2D eigenvalue weighted by molar-refractivity contribution is 6.04. The van der Waals surface area contributed by atoms with Crippen molar-refractivity contribution in [2.24, 2.45) is 5.10 Å². The highest BCUT2D eigenvalue weighted by atomic mass is 19.2. The average molecular weight is 532 g/mol. The molecule has 0 aliphatic carbocycles. The zero-order valence-electron chi connectivity index (χ0n) is 21.1. The van der Waals surface area contributed by atoms with Crippen LogP contribution in [0.2, 0.25) is 0 Å². The van der Waals surface area contributed by atoms with E-state index in [4.69, 9.17) is 4.74 Å². The van der Waals surface area contributed by atoms with Gasteiger partial charge in [0.05, 0.1) is 23.9 Å². The molecule has 200 valence electrons. The first-order valence-electron chi connectivity index (χ1n) is 12.2. The summed E-state index contributed by atoms with van der Waals surface area (Å²) in [5, 5.41) is 5.15. The monoisotopic (exact) mass is 531 g/mol. The Morgan fingerprint density at radius 3 is 1.95 bits per heavy atom. The summed E-state index contributed by atoms with van der Waals surface area (Å²) < 4.78 is 76.7. The van der Waals surface area contributed by atoms with Crippen LogP contribution in [0.1, 0.15) is 54.7 Å². The Balaban J connectivity index is 1.78.